The van der Waals surface area contributed by atoms with E-state index in [1.54, 1.807) is 12.1 Å². The quantitative estimate of drug-likeness (QED) is 0.747. The van der Waals surface area contributed by atoms with Gasteiger partial charge in [-0.2, -0.15) is 0 Å². The van der Waals surface area contributed by atoms with Crippen LogP contribution in [0.2, 0.25) is 0 Å². The Morgan fingerprint density at radius 2 is 1.75 bits per heavy atom. The maximum atomic E-state index is 13.6. The van der Waals surface area contributed by atoms with Gasteiger partial charge in [0, 0.05) is 6.04 Å². The molecule has 0 aliphatic heterocycles. The molecule has 0 aliphatic rings. The fourth-order valence-electron chi connectivity index (χ4n) is 2.25. The summed E-state index contributed by atoms with van der Waals surface area (Å²) < 4.78 is 13.6. The number of para-hydroxylation sites is 1. The molecule has 2 aromatic carbocycles. The van der Waals surface area contributed by atoms with E-state index in [-0.39, 0.29) is 11.9 Å². The standard InChI is InChI=1S/C18H22FN/c1-3-4-7-15-10-12-16(13-11-15)14(2)20-18-9-6-5-8-17(18)19/h5-6,8-14,20H,3-4,7H2,1-2H3. The lowest BCUT2D eigenvalue weighted by Gasteiger charge is -2.16. The van der Waals surface area contributed by atoms with E-state index in [2.05, 4.69) is 36.5 Å². The Bertz CT molecular complexity index is 533. The van der Waals surface area contributed by atoms with Crippen LogP contribution in [-0.2, 0) is 6.42 Å². The zero-order chi connectivity index (χ0) is 14.4. The molecule has 2 aromatic rings. The number of unbranched alkanes of at least 4 members (excludes halogenated alkanes) is 1. The highest BCUT2D eigenvalue weighted by Gasteiger charge is 2.07. The van der Waals surface area contributed by atoms with E-state index in [0.717, 1.165) is 6.42 Å². The SMILES string of the molecule is CCCCc1ccc(C(C)Nc2ccccc2F)cc1. The molecule has 0 aromatic heterocycles. The summed E-state index contributed by atoms with van der Waals surface area (Å²) >= 11 is 0. The Balaban J connectivity index is 2.02. The van der Waals surface area contributed by atoms with E-state index >= 15 is 0 Å². The lowest BCUT2D eigenvalue weighted by Crippen LogP contribution is -2.07. The third kappa shape index (κ3) is 3.83. The maximum absolute atomic E-state index is 13.6. The molecule has 106 valence electrons. The van der Waals surface area contributed by atoms with Crippen molar-refractivity contribution < 1.29 is 4.39 Å². The molecule has 2 rings (SSSR count). The molecule has 0 heterocycles. The number of anilines is 1. The van der Waals surface area contributed by atoms with Gasteiger partial charge in [-0.15, -0.1) is 0 Å². The number of aryl methyl sites for hydroxylation is 1. The van der Waals surface area contributed by atoms with Crippen molar-refractivity contribution in [2.24, 2.45) is 0 Å². The molecule has 20 heavy (non-hydrogen) atoms. The van der Waals surface area contributed by atoms with E-state index in [4.69, 9.17) is 0 Å². The van der Waals surface area contributed by atoms with Gasteiger partial charge < -0.3 is 5.32 Å². The van der Waals surface area contributed by atoms with Crippen molar-refractivity contribution in [1.82, 2.24) is 0 Å². The number of hydrogen-bond acceptors (Lipinski definition) is 1. The molecule has 0 saturated carbocycles. The van der Waals surface area contributed by atoms with E-state index in [1.807, 2.05) is 13.0 Å². The first-order chi connectivity index (χ1) is 9.70. The summed E-state index contributed by atoms with van der Waals surface area (Å²) in [6.07, 6.45) is 3.57. The summed E-state index contributed by atoms with van der Waals surface area (Å²) in [5.41, 5.74) is 3.09. The number of benzene rings is 2. The molecular weight excluding hydrogens is 249 g/mol. The van der Waals surface area contributed by atoms with Crippen molar-refractivity contribution in [2.45, 2.75) is 39.2 Å². The molecule has 1 unspecified atom stereocenters. The number of nitrogens with one attached hydrogen (secondary N) is 1. The predicted octanol–water partition coefficient (Wildman–Crippen LogP) is 5.34. The van der Waals surface area contributed by atoms with Crippen molar-refractivity contribution in [1.29, 1.82) is 0 Å². The van der Waals surface area contributed by atoms with Crippen LogP contribution in [-0.4, -0.2) is 0 Å². The van der Waals surface area contributed by atoms with Crippen molar-refractivity contribution in [3.05, 3.63) is 65.5 Å². The van der Waals surface area contributed by atoms with Crippen LogP contribution in [0.15, 0.2) is 48.5 Å². The molecule has 0 amide bonds. The van der Waals surface area contributed by atoms with Gasteiger partial charge in [-0.05, 0) is 43.0 Å². The fourth-order valence-corrected chi connectivity index (χ4v) is 2.25. The second-order valence-corrected chi connectivity index (χ2v) is 5.19. The molecule has 0 fully saturated rings. The summed E-state index contributed by atoms with van der Waals surface area (Å²) in [7, 11) is 0. The molecule has 0 aliphatic carbocycles. The third-order valence-corrected chi connectivity index (χ3v) is 3.54. The predicted molar refractivity (Wildman–Crippen MR) is 83.5 cm³/mol. The second kappa shape index (κ2) is 7.09. The van der Waals surface area contributed by atoms with E-state index in [0.29, 0.717) is 5.69 Å². The van der Waals surface area contributed by atoms with Gasteiger partial charge in [-0.25, -0.2) is 4.39 Å². The van der Waals surface area contributed by atoms with Crippen LogP contribution in [0.1, 0.15) is 43.9 Å². The lowest BCUT2D eigenvalue weighted by molar-refractivity contribution is 0.627. The minimum atomic E-state index is -0.209. The van der Waals surface area contributed by atoms with E-state index in [1.165, 1.54) is 30.0 Å². The van der Waals surface area contributed by atoms with Crippen molar-refractivity contribution >= 4 is 5.69 Å². The van der Waals surface area contributed by atoms with Gasteiger partial charge in [0.05, 0.1) is 5.69 Å². The highest BCUT2D eigenvalue weighted by molar-refractivity contribution is 5.46. The van der Waals surface area contributed by atoms with Gasteiger partial charge in [0.15, 0.2) is 0 Å². The Kier molecular flexibility index (Phi) is 5.16. The molecule has 0 spiro atoms. The maximum Gasteiger partial charge on any atom is 0.146 e. The van der Waals surface area contributed by atoms with Crippen molar-refractivity contribution in [3.63, 3.8) is 0 Å². The van der Waals surface area contributed by atoms with Crippen LogP contribution < -0.4 is 5.32 Å². The summed E-state index contributed by atoms with van der Waals surface area (Å²) in [6.45, 7) is 4.25. The Morgan fingerprint density at radius 3 is 2.40 bits per heavy atom. The van der Waals surface area contributed by atoms with Crippen molar-refractivity contribution in [3.8, 4) is 0 Å². The highest BCUT2D eigenvalue weighted by atomic mass is 19.1. The average molecular weight is 271 g/mol. The van der Waals surface area contributed by atoms with E-state index < -0.39 is 0 Å². The second-order valence-electron chi connectivity index (χ2n) is 5.19. The van der Waals surface area contributed by atoms with Crippen LogP contribution >= 0.6 is 0 Å². The molecule has 1 atom stereocenters. The Labute approximate surface area is 120 Å². The summed E-state index contributed by atoms with van der Waals surface area (Å²) in [4.78, 5) is 0. The van der Waals surface area contributed by atoms with Crippen LogP contribution in [0.25, 0.3) is 0 Å². The number of hydrogen-bond donors (Lipinski definition) is 1. The van der Waals surface area contributed by atoms with Gasteiger partial charge >= 0.3 is 0 Å². The van der Waals surface area contributed by atoms with Crippen LogP contribution in [0.3, 0.4) is 0 Å². The lowest BCUT2D eigenvalue weighted by atomic mass is 10.0. The molecular formula is C18H22FN. The summed E-state index contributed by atoms with van der Waals surface area (Å²) in [5, 5.41) is 3.21. The first-order valence-electron chi connectivity index (χ1n) is 7.30. The summed E-state index contributed by atoms with van der Waals surface area (Å²) in [6, 6.07) is 15.5. The van der Waals surface area contributed by atoms with Gasteiger partial charge in [0.1, 0.15) is 5.82 Å². The first-order valence-corrected chi connectivity index (χ1v) is 7.30. The van der Waals surface area contributed by atoms with Gasteiger partial charge in [-0.1, -0.05) is 49.7 Å². The molecule has 0 saturated heterocycles. The molecule has 1 nitrogen and oxygen atoms in total. The third-order valence-electron chi connectivity index (χ3n) is 3.54. The van der Waals surface area contributed by atoms with Gasteiger partial charge in [0.25, 0.3) is 0 Å². The zero-order valence-corrected chi connectivity index (χ0v) is 12.2. The number of halogens is 1. The van der Waals surface area contributed by atoms with Gasteiger partial charge in [-0.3, -0.25) is 0 Å². The topological polar surface area (TPSA) is 12.0 Å². The average Bonchev–Trinajstić information content (AvgIpc) is 2.48. The number of rotatable bonds is 6. The molecule has 0 bridgehead atoms. The zero-order valence-electron chi connectivity index (χ0n) is 12.2. The van der Waals surface area contributed by atoms with Crippen molar-refractivity contribution in [2.75, 3.05) is 5.32 Å². The molecule has 1 N–H and O–H groups in total. The molecule has 0 radical (unpaired) electrons. The minimum absolute atomic E-state index is 0.0899. The highest BCUT2D eigenvalue weighted by Crippen LogP contribution is 2.22. The fraction of sp³-hybridized carbons (Fsp3) is 0.333. The van der Waals surface area contributed by atoms with Crippen LogP contribution in [0.4, 0.5) is 10.1 Å². The largest absolute Gasteiger partial charge is 0.376 e. The summed E-state index contributed by atoms with van der Waals surface area (Å²) in [5.74, 6) is -0.209. The van der Waals surface area contributed by atoms with Gasteiger partial charge in [0.2, 0.25) is 0 Å². The smallest absolute Gasteiger partial charge is 0.146 e. The molecule has 2 heteroatoms. The first kappa shape index (κ1) is 14.6. The monoisotopic (exact) mass is 271 g/mol. The van der Waals surface area contributed by atoms with Crippen LogP contribution in [0.5, 0.6) is 0 Å². The van der Waals surface area contributed by atoms with Crippen LogP contribution in [0, 0.1) is 5.82 Å². The van der Waals surface area contributed by atoms with E-state index in [9.17, 15) is 4.39 Å². The normalized spacial score (nSPS) is 12.2. The Hall–Kier alpha value is -1.83. The Morgan fingerprint density at radius 1 is 1.05 bits per heavy atom. The minimum Gasteiger partial charge on any atom is -0.376 e.